The van der Waals surface area contributed by atoms with Gasteiger partial charge in [0.05, 0.1) is 37.4 Å². The van der Waals surface area contributed by atoms with Crippen LogP contribution in [0.25, 0.3) is 6.08 Å². The summed E-state index contributed by atoms with van der Waals surface area (Å²) in [4.78, 5) is 23.5. The smallest absolute Gasteiger partial charge is 0.248 e. The number of amides is 1. The Morgan fingerprint density at radius 3 is 2.37 bits per heavy atom. The molecule has 1 saturated heterocycles. The lowest BCUT2D eigenvalue weighted by Gasteiger charge is -2.27. The standard InChI is InChI=1S/C20H24N4O3/c1-14-19(15(2)22-20(21-14)24-10-12-27-13-11-24)23-18(25)9-6-16-4-7-17(26-3)8-5-16/h4-9H,10-13H2,1-3H3,(H,23,25)/b9-6+. The third kappa shape index (κ3) is 4.83. The highest BCUT2D eigenvalue weighted by Crippen LogP contribution is 2.21. The van der Waals surface area contributed by atoms with Gasteiger partial charge in [0, 0.05) is 19.2 Å². The first-order valence-electron chi connectivity index (χ1n) is 8.88. The average Bonchev–Trinajstić information content (AvgIpc) is 2.70. The summed E-state index contributed by atoms with van der Waals surface area (Å²) >= 11 is 0. The number of ether oxygens (including phenoxy) is 2. The molecule has 1 aliphatic rings. The Morgan fingerprint density at radius 2 is 1.78 bits per heavy atom. The Labute approximate surface area is 159 Å². The molecule has 27 heavy (non-hydrogen) atoms. The molecule has 0 atom stereocenters. The molecule has 0 aliphatic carbocycles. The van der Waals surface area contributed by atoms with Crippen molar-refractivity contribution in [2.75, 3.05) is 43.6 Å². The Kier molecular flexibility index (Phi) is 6.03. The molecule has 7 heteroatoms. The van der Waals surface area contributed by atoms with E-state index >= 15 is 0 Å². The lowest BCUT2D eigenvalue weighted by Crippen LogP contribution is -2.37. The van der Waals surface area contributed by atoms with Crippen molar-refractivity contribution in [2.45, 2.75) is 13.8 Å². The van der Waals surface area contributed by atoms with Crippen molar-refractivity contribution in [3.05, 3.63) is 47.3 Å². The molecule has 0 radical (unpaired) electrons. The summed E-state index contributed by atoms with van der Waals surface area (Å²) in [5.74, 6) is 1.24. The van der Waals surface area contributed by atoms with Crippen LogP contribution in [0.15, 0.2) is 30.3 Å². The van der Waals surface area contributed by atoms with Crippen molar-refractivity contribution < 1.29 is 14.3 Å². The highest BCUT2D eigenvalue weighted by atomic mass is 16.5. The van der Waals surface area contributed by atoms with E-state index in [1.807, 2.05) is 38.1 Å². The van der Waals surface area contributed by atoms with Crippen molar-refractivity contribution >= 4 is 23.6 Å². The van der Waals surface area contributed by atoms with E-state index in [2.05, 4.69) is 20.2 Å². The lowest BCUT2D eigenvalue weighted by atomic mass is 10.2. The van der Waals surface area contributed by atoms with Crippen LogP contribution < -0.4 is 15.0 Å². The highest BCUT2D eigenvalue weighted by Gasteiger charge is 2.17. The van der Waals surface area contributed by atoms with E-state index in [0.717, 1.165) is 35.8 Å². The van der Waals surface area contributed by atoms with Gasteiger partial charge >= 0.3 is 0 Å². The van der Waals surface area contributed by atoms with Crippen LogP contribution in [-0.4, -0.2) is 49.3 Å². The molecule has 2 heterocycles. The van der Waals surface area contributed by atoms with Gasteiger partial charge in [0.2, 0.25) is 11.9 Å². The molecule has 7 nitrogen and oxygen atoms in total. The van der Waals surface area contributed by atoms with E-state index in [1.165, 1.54) is 6.08 Å². The Balaban J connectivity index is 1.68. The summed E-state index contributed by atoms with van der Waals surface area (Å²) in [5, 5.41) is 2.88. The molecule has 1 amide bonds. The summed E-state index contributed by atoms with van der Waals surface area (Å²) in [6, 6.07) is 7.48. The maximum Gasteiger partial charge on any atom is 0.248 e. The van der Waals surface area contributed by atoms with Gasteiger partial charge in [-0.15, -0.1) is 0 Å². The second-order valence-electron chi connectivity index (χ2n) is 6.26. The summed E-state index contributed by atoms with van der Waals surface area (Å²) in [6.45, 7) is 6.65. The molecular weight excluding hydrogens is 344 g/mol. The number of aryl methyl sites for hydroxylation is 2. The van der Waals surface area contributed by atoms with Gasteiger partial charge < -0.3 is 19.7 Å². The molecule has 0 bridgehead atoms. The van der Waals surface area contributed by atoms with Crippen LogP contribution in [0.4, 0.5) is 11.6 Å². The van der Waals surface area contributed by atoms with E-state index in [-0.39, 0.29) is 5.91 Å². The van der Waals surface area contributed by atoms with Crippen LogP contribution >= 0.6 is 0 Å². The van der Waals surface area contributed by atoms with Gasteiger partial charge in [0.25, 0.3) is 0 Å². The fourth-order valence-corrected chi connectivity index (χ4v) is 2.84. The van der Waals surface area contributed by atoms with Crippen LogP contribution in [0.2, 0.25) is 0 Å². The molecule has 3 rings (SSSR count). The van der Waals surface area contributed by atoms with Gasteiger partial charge in [-0.1, -0.05) is 12.1 Å². The number of hydrogen-bond donors (Lipinski definition) is 1. The van der Waals surface area contributed by atoms with Crippen LogP contribution in [0.5, 0.6) is 5.75 Å². The van der Waals surface area contributed by atoms with Gasteiger partial charge in [-0.2, -0.15) is 0 Å². The average molecular weight is 368 g/mol. The molecule has 1 aromatic carbocycles. The van der Waals surface area contributed by atoms with Crippen LogP contribution in [0.1, 0.15) is 17.0 Å². The Morgan fingerprint density at radius 1 is 1.15 bits per heavy atom. The minimum absolute atomic E-state index is 0.222. The predicted octanol–water partition coefficient (Wildman–Crippen LogP) is 2.59. The maximum atomic E-state index is 12.3. The zero-order valence-corrected chi connectivity index (χ0v) is 15.9. The summed E-state index contributed by atoms with van der Waals surface area (Å²) < 4.78 is 10.5. The number of anilines is 2. The normalized spacial score (nSPS) is 14.4. The molecular formula is C20H24N4O3. The predicted molar refractivity (Wildman–Crippen MR) is 105 cm³/mol. The number of rotatable bonds is 5. The van der Waals surface area contributed by atoms with E-state index in [4.69, 9.17) is 9.47 Å². The molecule has 0 saturated carbocycles. The maximum absolute atomic E-state index is 12.3. The van der Waals surface area contributed by atoms with Gasteiger partial charge in [-0.25, -0.2) is 9.97 Å². The zero-order chi connectivity index (χ0) is 19.2. The zero-order valence-electron chi connectivity index (χ0n) is 15.9. The number of morpholine rings is 1. The first-order chi connectivity index (χ1) is 13.1. The molecule has 1 N–H and O–H groups in total. The fraction of sp³-hybridized carbons (Fsp3) is 0.350. The SMILES string of the molecule is COc1ccc(/C=C/C(=O)Nc2c(C)nc(N3CCOCC3)nc2C)cc1. The Bertz CT molecular complexity index is 805. The fourth-order valence-electron chi connectivity index (χ4n) is 2.84. The quantitative estimate of drug-likeness (QED) is 0.818. The van der Waals surface area contributed by atoms with Gasteiger partial charge in [-0.05, 0) is 37.6 Å². The molecule has 2 aromatic rings. The number of nitrogens with zero attached hydrogens (tertiary/aromatic N) is 3. The minimum Gasteiger partial charge on any atom is -0.497 e. The van der Waals surface area contributed by atoms with Crippen molar-refractivity contribution in [1.82, 2.24) is 9.97 Å². The van der Waals surface area contributed by atoms with Crippen molar-refractivity contribution in [3.63, 3.8) is 0 Å². The summed E-state index contributed by atoms with van der Waals surface area (Å²) in [6.07, 6.45) is 3.25. The number of hydrogen-bond acceptors (Lipinski definition) is 6. The number of aromatic nitrogens is 2. The monoisotopic (exact) mass is 368 g/mol. The van der Waals surface area contributed by atoms with Gasteiger partial charge in [0.15, 0.2) is 0 Å². The largest absolute Gasteiger partial charge is 0.497 e. The van der Waals surface area contributed by atoms with E-state index in [9.17, 15) is 4.79 Å². The first kappa shape index (κ1) is 18.8. The highest BCUT2D eigenvalue weighted by molar-refractivity contribution is 6.02. The summed E-state index contributed by atoms with van der Waals surface area (Å²) in [5.41, 5.74) is 3.06. The van der Waals surface area contributed by atoms with Crippen LogP contribution in [-0.2, 0) is 9.53 Å². The number of methoxy groups -OCH3 is 1. The molecule has 0 spiro atoms. The number of benzene rings is 1. The third-order valence-corrected chi connectivity index (χ3v) is 4.34. The third-order valence-electron chi connectivity index (χ3n) is 4.34. The number of carbonyl (C=O) groups excluding carboxylic acids is 1. The van der Waals surface area contributed by atoms with Gasteiger partial charge in [0.1, 0.15) is 5.75 Å². The first-order valence-corrected chi connectivity index (χ1v) is 8.88. The van der Waals surface area contributed by atoms with Crippen molar-refractivity contribution in [2.24, 2.45) is 0 Å². The number of carbonyl (C=O) groups is 1. The van der Waals surface area contributed by atoms with E-state index < -0.39 is 0 Å². The van der Waals surface area contributed by atoms with E-state index in [0.29, 0.717) is 24.8 Å². The molecule has 1 aromatic heterocycles. The van der Waals surface area contributed by atoms with E-state index in [1.54, 1.807) is 13.2 Å². The molecule has 0 unspecified atom stereocenters. The Hall–Kier alpha value is -2.93. The summed E-state index contributed by atoms with van der Waals surface area (Å²) in [7, 11) is 1.62. The number of nitrogens with one attached hydrogen (secondary N) is 1. The van der Waals surface area contributed by atoms with Crippen molar-refractivity contribution in [1.29, 1.82) is 0 Å². The topological polar surface area (TPSA) is 76.6 Å². The second kappa shape index (κ2) is 8.64. The molecule has 142 valence electrons. The molecule has 1 aliphatic heterocycles. The van der Waals surface area contributed by atoms with Gasteiger partial charge in [-0.3, -0.25) is 4.79 Å². The minimum atomic E-state index is -0.222. The second-order valence-corrected chi connectivity index (χ2v) is 6.26. The lowest BCUT2D eigenvalue weighted by molar-refractivity contribution is -0.111. The van der Waals surface area contributed by atoms with Crippen LogP contribution in [0, 0.1) is 13.8 Å². The molecule has 1 fully saturated rings. The van der Waals surface area contributed by atoms with Crippen molar-refractivity contribution in [3.8, 4) is 5.75 Å². The van der Waals surface area contributed by atoms with Crippen LogP contribution in [0.3, 0.4) is 0 Å².